The van der Waals surface area contributed by atoms with E-state index in [1.165, 1.54) is 49.7 Å². The van der Waals surface area contributed by atoms with Gasteiger partial charge in [0.1, 0.15) is 52.4 Å². The minimum absolute atomic E-state index is 0.0174. The molecular weight excluding hydrogens is 1530 g/mol. The van der Waals surface area contributed by atoms with Crippen molar-refractivity contribution in [2.75, 3.05) is 130 Å². The molecule has 111 heavy (non-hydrogen) atoms. The third-order valence-corrected chi connectivity index (χ3v) is 22.4. The van der Waals surface area contributed by atoms with Crippen molar-refractivity contribution in [2.45, 2.75) is 92.2 Å². The molecule has 2 aliphatic carbocycles. The summed E-state index contributed by atoms with van der Waals surface area (Å²) < 4.78 is 132. The van der Waals surface area contributed by atoms with Crippen LogP contribution in [-0.2, 0) is 78.0 Å². The molecule has 6 fully saturated rings. The van der Waals surface area contributed by atoms with Crippen LogP contribution in [0.25, 0.3) is 11.3 Å². The van der Waals surface area contributed by atoms with Gasteiger partial charge in [-0.25, -0.2) is 56.4 Å². The van der Waals surface area contributed by atoms with Crippen molar-refractivity contribution in [3.05, 3.63) is 181 Å². The number of nitrogens with two attached hydrogens (primary N) is 1. The van der Waals surface area contributed by atoms with Crippen molar-refractivity contribution in [1.82, 2.24) is 29.2 Å². The third-order valence-electron chi connectivity index (χ3n) is 18.2. The van der Waals surface area contributed by atoms with Crippen LogP contribution in [0.4, 0.5) is 78.8 Å². The van der Waals surface area contributed by atoms with Gasteiger partial charge in [-0.15, -0.1) is 0 Å². The number of hydrogen-bond acceptors (Lipinski definition) is 29. The number of nitrogens with one attached hydrogen (secondary N) is 4. The van der Waals surface area contributed by atoms with E-state index in [-0.39, 0.29) is 39.9 Å². The second kappa shape index (κ2) is 33.7. The number of halogens is 1. The number of anilines is 11. The molecule has 0 radical (unpaired) electrons. The average molecular weight is 1620 g/mol. The Morgan fingerprint density at radius 2 is 0.775 bits per heavy atom. The first kappa shape index (κ1) is 81.0. The number of rotatable bonds is 24. The predicted molar refractivity (Wildman–Crippen MR) is 425 cm³/mol. The Morgan fingerprint density at radius 1 is 0.459 bits per heavy atom. The molecule has 15 rings (SSSR count). The lowest BCUT2D eigenvalue weighted by Crippen LogP contribution is -2.37. The standard InChI is InChI=1S/2C21H23N7O2S.C11H14N2O4S.C11H16N2O2S.C8H8FNO4S/c2*1-31(29,30)13-14-9-17(5-6-18(14)27-7-2-8-27)24-19-10-20(25-16-3-4-16)28-21(26-19)15(11-22)12-23-28;1-18(16,17)8-9-7-10(13(14)15)3-4-11(9)12-5-2-6-12;1-16(14,15)8-9-7-10(12)3-4-11(9)13-5-2-6-13;1-15(13,14)5-6-4-7(10(11)12)2-3-8(6)9/h2*5-6,9-10,12,16,25H,2-4,7-8,13H2,1H3,(H,24,26);3-4,7H,2,5-6,8H2,1H3;3-4,7H,2,5-6,8,12H2,1H3;2-4H,5H2,1H3. The lowest BCUT2D eigenvalue weighted by molar-refractivity contribution is -0.385. The number of nitro benzene ring substituents is 2. The largest absolute Gasteiger partial charge is 0.399 e. The zero-order valence-corrected chi connectivity index (χ0v) is 65.5. The molecule has 6 aliphatic rings. The van der Waals surface area contributed by atoms with Gasteiger partial charge in [0.15, 0.2) is 60.5 Å². The lowest BCUT2D eigenvalue weighted by Gasteiger charge is -2.35. The predicted octanol–water partition coefficient (Wildman–Crippen LogP) is 9.00. The molecule has 33 nitrogen and oxygen atoms in total. The molecule has 4 aromatic heterocycles. The van der Waals surface area contributed by atoms with Gasteiger partial charge in [-0.3, -0.25) is 20.2 Å². The summed E-state index contributed by atoms with van der Waals surface area (Å²) in [6, 6.07) is 33.0. The number of nitrogens with zero attached hydrogens (tertiary/aromatic N) is 14. The van der Waals surface area contributed by atoms with Gasteiger partial charge in [0.2, 0.25) is 0 Å². The molecule has 0 amide bonds. The Bertz CT molecular complexity index is 5530. The van der Waals surface area contributed by atoms with E-state index < -0.39 is 70.6 Å². The van der Waals surface area contributed by atoms with Crippen LogP contribution in [0, 0.1) is 48.7 Å². The van der Waals surface area contributed by atoms with Crippen LogP contribution in [-0.4, -0.2) is 177 Å². The van der Waals surface area contributed by atoms with Gasteiger partial charge in [-0.2, -0.15) is 29.8 Å². The van der Waals surface area contributed by atoms with Crippen molar-refractivity contribution in [3.8, 4) is 12.1 Å². The molecule has 4 saturated heterocycles. The Hall–Kier alpha value is -11.0. The molecule has 5 aromatic carbocycles. The van der Waals surface area contributed by atoms with Crippen molar-refractivity contribution in [2.24, 2.45) is 0 Å². The van der Waals surface area contributed by atoms with Gasteiger partial charge in [0.25, 0.3) is 11.4 Å². The van der Waals surface area contributed by atoms with Crippen LogP contribution in [0.15, 0.2) is 116 Å². The lowest BCUT2D eigenvalue weighted by atomic mass is 10.1. The first-order valence-corrected chi connectivity index (χ1v) is 45.6. The summed E-state index contributed by atoms with van der Waals surface area (Å²) in [5.74, 6) is 1.23. The number of nitro groups is 2. The van der Waals surface area contributed by atoms with Gasteiger partial charge >= 0.3 is 0 Å². The Kier molecular flexibility index (Phi) is 24.6. The van der Waals surface area contributed by atoms with E-state index in [1.807, 2.05) is 65.6 Å². The fraction of sp³-hybridized carbons (Fsp3) is 0.389. The van der Waals surface area contributed by atoms with Crippen LogP contribution in [0.3, 0.4) is 0 Å². The molecule has 588 valence electrons. The smallest absolute Gasteiger partial charge is 0.269 e. The zero-order valence-electron chi connectivity index (χ0n) is 61.4. The molecule has 6 N–H and O–H groups in total. The molecule has 8 heterocycles. The first-order valence-electron chi connectivity index (χ1n) is 35.3. The summed E-state index contributed by atoms with van der Waals surface area (Å²) >= 11 is 0. The molecule has 0 unspecified atom stereocenters. The number of nitriles is 2. The Labute approximate surface area is 642 Å². The number of hydrogen-bond donors (Lipinski definition) is 5. The minimum atomic E-state index is -3.40. The highest BCUT2D eigenvalue weighted by molar-refractivity contribution is 7.90. The van der Waals surface area contributed by atoms with Crippen LogP contribution in [0.2, 0.25) is 0 Å². The minimum Gasteiger partial charge on any atom is -0.399 e. The van der Waals surface area contributed by atoms with Crippen molar-refractivity contribution in [1.29, 1.82) is 10.5 Å². The first-order chi connectivity index (χ1) is 52.4. The highest BCUT2D eigenvalue weighted by Gasteiger charge is 2.29. The van der Waals surface area contributed by atoms with Gasteiger partial charge in [-0.1, -0.05) is 0 Å². The van der Waals surface area contributed by atoms with Crippen molar-refractivity contribution < 1.29 is 56.3 Å². The summed E-state index contributed by atoms with van der Waals surface area (Å²) in [5, 5.41) is 61.9. The summed E-state index contributed by atoms with van der Waals surface area (Å²) in [6.45, 7) is 7.50. The van der Waals surface area contributed by atoms with E-state index in [2.05, 4.69) is 68.3 Å². The van der Waals surface area contributed by atoms with Gasteiger partial charge < -0.3 is 46.6 Å². The van der Waals surface area contributed by atoms with Crippen LogP contribution in [0.1, 0.15) is 90.3 Å². The second-order valence-electron chi connectivity index (χ2n) is 28.3. The molecule has 0 bridgehead atoms. The SMILES string of the molecule is CS(=O)(=O)Cc1cc(N)ccc1N1CCC1.CS(=O)(=O)Cc1cc(Nc2cc(NC3CC3)n3ncc(C#N)c3n2)ccc1N1CCC1.CS(=O)(=O)Cc1cc(Nc2cc(NC3CC3)n3ncc(C#N)c3n2)ccc1N1CCC1.CS(=O)(=O)Cc1cc([N+](=O)[O-])ccc1F.CS(=O)(=O)Cc1cc([N+](=O)[O-])ccc1N1CCC1. The van der Waals surface area contributed by atoms with Gasteiger partial charge in [0.05, 0.1) is 51.0 Å². The summed E-state index contributed by atoms with van der Waals surface area (Å²) in [5.41, 5.74) is 15.5. The maximum Gasteiger partial charge on any atom is 0.269 e. The quantitative estimate of drug-likeness (QED) is 0.0214. The highest BCUT2D eigenvalue weighted by atomic mass is 32.2. The normalized spacial score (nSPS) is 15.3. The topological polar surface area (TPSA) is 452 Å². The third kappa shape index (κ3) is 22.6. The van der Waals surface area contributed by atoms with Gasteiger partial charge in [0, 0.05) is 177 Å². The van der Waals surface area contributed by atoms with Crippen molar-refractivity contribution >= 4 is 135 Å². The van der Waals surface area contributed by atoms with Crippen LogP contribution >= 0.6 is 0 Å². The zero-order chi connectivity index (χ0) is 79.9. The number of fused-ring (bicyclic) bond motifs is 2. The number of aromatic nitrogens is 6. The Morgan fingerprint density at radius 3 is 1.10 bits per heavy atom. The monoisotopic (exact) mass is 1620 g/mol. The number of non-ortho nitro benzene ring substituents is 2. The maximum absolute atomic E-state index is 13.1. The van der Waals surface area contributed by atoms with Crippen LogP contribution in [0.5, 0.6) is 0 Å². The number of benzene rings is 5. The molecule has 39 heteroatoms. The van der Waals surface area contributed by atoms with E-state index in [4.69, 9.17) is 5.73 Å². The second-order valence-corrected chi connectivity index (χ2v) is 39.0. The summed E-state index contributed by atoms with van der Waals surface area (Å²) in [7, 11) is -16.0. The molecule has 2 saturated carbocycles. The number of nitrogen functional groups attached to an aromatic ring is 1. The maximum atomic E-state index is 13.1. The molecule has 0 spiro atoms. The van der Waals surface area contributed by atoms with Gasteiger partial charge in [-0.05, 0) is 140 Å². The Balaban J connectivity index is 0.000000143. The molecule has 4 aliphatic heterocycles. The van der Waals surface area contributed by atoms with Crippen molar-refractivity contribution in [3.63, 3.8) is 0 Å². The van der Waals surface area contributed by atoms with E-state index in [1.54, 1.807) is 21.2 Å². The number of sulfone groups is 5. The van der Waals surface area contributed by atoms with E-state index >= 15 is 0 Å². The fourth-order valence-corrected chi connectivity index (χ4v) is 16.3. The highest BCUT2D eigenvalue weighted by Crippen LogP contribution is 2.37. The summed E-state index contributed by atoms with van der Waals surface area (Å²) in [4.78, 5) is 37.6. The van der Waals surface area contributed by atoms with E-state index in [0.717, 1.165) is 190 Å². The molecular formula is C72H84FN19O14S5. The fourth-order valence-electron chi connectivity index (χ4n) is 12.3. The summed E-state index contributed by atoms with van der Waals surface area (Å²) in [6.07, 6.45) is 17.7. The van der Waals surface area contributed by atoms with E-state index in [0.29, 0.717) is 57.4 Å². The molecule has 9 aromatic rings. The average Bonchev–Trinajstić information content (AvgIpc) is 1.77. The van der Waals surface area contributed by atoms with E-state index in [9.17, 15) is 77.2 Å². The molecule has 0 atom stereocenters. The van der Waals surface area contributed by atoms with Crippen LogP contribution < -0.4 is 46.6 Å².